The van der Waals surface area contributed by atoms with Gasteiger partial charge >= 0.3 is 5.97 Å². The standard InChI is InChI=1S/C16H32O3S/c1-3-4-5-6-7-8-9-10-11-12-13-20-14(2)15(17)16(18)19/h14-15,17H,3-13H2,1-2H3,(H,18,19). The number of hydrogen-bond donors (Lipinski definition) is 2. The fraction of sp³-hybridized carbons (Fsp3) is 0.938. The van der Waals surface area contributed by atoms with E-state index in [4.69, 9.17) is 5.11 Å². The lowest BCUT2D eigenvalue weighted by molar-refractivity contribution is -0.146. The van der Waals surface area contributed by atoms with E-state index in [1.807, 2.05) is 0 Å². The lowest BCUT2D eigenvalue weighted by atomic mass is 10.1. The highest BCUT2D eigenvalue weighted by atomic mass is 32.2. The van der Waals surface area contributed by atoms with Crippen molar-refractivity contribution in [1.29, 1.82) is 0 Å². The highest BCUT2D eigenvalue weighted by molar-refractivity contribution is 7.99. The molecular formula is C16H32O3S. The Morgan fingerprint density at radius 3 is 1.85 bits per heavy atom. The molecule has 0 spiro atoms. The molecule has 0 radical (unpaired) electrons. The third kappa shape index (κ3) is 11.6. The monoisotopic (exact) mass is 304 g/mol. The fourth-order valence-corrected chi connectivity index (χ4v) is 3.19. The molecule has 0 aliphatic heterocycles. The van der Waals surface area contributed by atoms with Crippen LogP contribution in [0.5, 0.6) is 0 Å². The van der Waals surface area contributed by atoms with E-state index in [-0.39, 0.29) is 5.25 Å². The molecule has 20 heavy (non-hydrogen) atoms. The summed E-state index contributed by atoms with van der Waals surface area (Å²) in [5.74, 6) is -0.171. The van der Waals surface area contributed by atoms with Crippen LogP contribution in [0.2, 0.25) is 0 Å². The van der Waals surface area contributed by atoms with E-state index in [0.717, 1.165) is 12.2 Å². The minimum Gasteiger partial charge on any atom is -0.479 e. The maximum atomic E-state index is 10.6. The van der Waals surface area contributed by atoms with Gasteiger partial charge in [-0.3, -0.25) is 0 Å². The van der Waals surface area contributed by atoms with Crippen molar-refractivity contribution in [2.24, 2.45) is 0 Å². The van der Waals surface area contributed by atoms with Gasteiger partial charge in [-0.15, -0.1) is 0 Å². The van der Waals surface area contributed by atoms with E-state index in [1.165, 1.54) is 57.8 Å². The Bertz CT molecular complexity index is 234. The molecule has 0 heterocycles. The molecule has 0 aliphatic carbocycles. The average Bonchev–Trinajstić information content (AvgIpc) is 2.43. The minimum absolute atomic E-state index is 0.217. The number of carboxylic acids is 1. The third-order valence-electron chi connectivity index (χ3n) is 3.58. The maximum absolute atomic E-state index is 10.6. The molecule has 0 aromatic heterocycles. The number of unbranched alkanes of at least 4 members (excludes halogenated alkanes) is 9. The summed E-state index contributed by atoms with van der Waals surface area (Å²) in [5, 5.41) is 17.8. The molecule has 0 aromatic rings. The van der Waals surface area contributed by atoms with Crippen LogP contribution in [0, 0.1) is 0 Å². The quantitative estimate of drug-likeness (QED) is 0.465. The van der Waals surface area contributed by atoms with Crippen LogP contribution in [0.25, 0.3) is 0 Å². The number of aliphatic carboxylic acids is 1. The van der Waals surface area contributed by atoms with Gasteiger partial charge in [0.25, 0.3) is 0 Å². The van der Waals surface area contributed by atoms with Gasteiger partial charge in [-0.2, -0.15) is 11.8 Å². The zero-order valence-electron chi connectivity index (χ0n) is 13.1. The Labute approximate surface area is 128 Å². The maximum Gasteiger partial charge on any atom is 0.333 e. The summed E-state index contributed by atoms with van der Waals surface area (Å²) in [6.07, 6.45) is 11.9. The van der Waals surface area contributed by atoms with Crippen LogP contribution in [0.3, 0.4) is 0 Å². The first-order valence-corrected chi connectivity index (χ1v) is 9.17. The molecule has 120 valence electrons. The zero-order chi connectivity index (χ0) is 15.2. The van der Waals surface area contributed by atoms with Crippen molar-refractivity contribution in [3.63, 3.8) is 0 Å². The van der Waals surface area contributed by atoms with E-state index in [9.17, 15) is 9.90 Å². The van der Waals surface area contributed by atoms with Gasteiger partial charge in [0, 0.05) is 5.25 Å². The molecule has 0 saturated carbocycles. The molecule has 0 bridgehead atoms. The second kappa shape index (κ2) is 13.7. The Hall–Kier alpha value is -0.220. The normalized spacial score (nSPS) is 14.2. The molecule has 0 aromatic carbocycles. The van der Waals surface area contributed by atoms with Crippen LogP contribution in [0.15, 0.2) is 0 Å². The summed E-state index contributed by atoms with van der Waals surface area (Å²) in [4.78, 5) is 10.6. The third-order valence-corrected chi connectivity index (χ3v) is 4.88. The first kappa shape index (κ1) is 19.8. The molecule has 0 rings (SSSR count). The number of rotatable bonds is 14. The van der Waals surface area contributed by atoms with Crippen molar-refractivity contribution < 1.29 is 15.0 Å². The highest BCUT2D eigenvalue weighted by Gasteiger charge is 2.21. The van der Waals surface area contributed by atoms with Crippen molar-refractivity contribution in [2.45, 2.75) is 89.4 Å². The van der Waals surface area contributed by atoms with Gasteiger partial charge in [0.1, 0.15) is 0 Å². The summed E-state index contributed by atoms with van der Waals surface area (Å²) in [6, 6.07) is 0. The first-order chi connectivity index (χ1) is 9.59. The van der Waals surface area contributed by atoms with E-state index in [1.54, 1.807) is 18.7 Å². The van der Waals surface area contributed by atoms with Crippen LogP contribution in [-0.4, -0.2) is 33.3 Å². The van der Waals surface area contributed by atoms with Gasteiger partial charge in [0.15, 0.2) is 6.10 Å². The van der Waals surface area contributed by atoms with Crippen LogP contribution < -0.4 is 0 Å². The molecule has 0 fully saturated rings. The van der Waals surface area contributed by atoms with Crippen molar-refractivity contribution in [3.05, 3.63) is 0 Å². The van der Waals surface area contributed by atoms with E-state index in [0.29, 0.717) is 0 Å². The molecule has 2 atom stereocenters. The predicted octanol–water partition coefficient (Wildman–Crippen LogP) is 4.47. The van der Waals surface area contributed by atoms with Gasteiger partial charge < -0.3 is 10.2 Å². The Kier molecular flexibility index (Phi) is 13.6. The van der Waals surface area contributed by atoms with Crippen molar-refractivity contribution >= 4 is 17.7 Å². The minimum atomic E-state index is -1.23. The van der Waals surface area contributed by atoms with Gasteiger partial charge in [-0.25, -0.2) is 4.79 Å². The Balaban J connectivity index is 3.22. The number of hydrogen-bond acceptors (Lipinski definition) is 3. The Morgan fingerprint density at radius 1 is 0.950 bits per heavy atom. The number of thioether (sulfide) groups is 1. The number of carbonyl (C=O) groups is 1. The molecule has 0 amide bonds. The molecule has 2 unspecified atom stereocenters. The highest BCUT2D eigenvalue weighted by Crippen LogP contribution is 2.18. The van der Waals surface area contributed by atoms with Crippen LogP contribution >= 0.6 is 11.8 Å². The van der Waals surface area contributed by atoms with Crippen LogP contribution in [-0.2, 0) is 4.79 Å². The molecule has 3 nitrogen and oxygen atoms in total. The van der Waals surface area contributed by atoms with Gasteiger partial charge in [-0.1, -0.05) is 71.6 Å². The van der Waals surface area contributed by atoms with Gasteiger partial charge in [0.05, 0.1) is 0 Å². The largest absolute Gasteiger partial charge is 0.479 e. The van der Waals surface area contributed by atoms with Crippen molar-refractivity contribution in [1.82, 2.24) is 0 Å². The number of aliphatic hydroxyl groups excluding tert-OH is 1. The van der Waals surface area contributed by atoms with E-state index < -0.39 is 12.1 Å². The van der Waals surface area contributed by atoms with E-state index in [2.05, 4.69) is 6.92 Å². The topological polar surface area (TPSA) is 57.5 Å². The lowest BCUT2D eigenvalue weighted by Crippen LogP contribution is -2.29. The second-order valence-electron chi connectivity index (χ2n) is 5.54. The van der Waals surface area contributed by atoms with Gasteiger partial charge in [0.2, 0.25) is 0 Å². The van der Waals surface area contributed by atoms with E-state index >= 15 is 0 Å². The number of aliphatic hydroxyl groups is 1. The molecule has 0 saturated heterocycles. The summed E-state index contributed by atoms with van der Waals surface area (Å²) >= 11 is 1.56. The molecular weight excluding hydrogens is 272 g/mol. The second-order valence-corrected chi connectivity index (χ2v) is 7.03. The zero-order valence-corrected chi connectivity index (χ0v) is 14.0. The summed E-state index contributed by atoms with van der Waals surface area (Å²) in [7, 11) is 0. The average molecular weight is 304 g/mol. The molecule has 0 aliphatic rings. The van der Waals surface area contributed by atoms with Gasteiger partial charge in [-0.05, 0) is 12.2 Å². The van der Waals surface area contributed by atoms with Crippen LogP contribution in [0.1, 0.15) is 78.1 Å². The molecule has 4 heteroatoms. The summed E-state index contributed by atoms with van der Waals surface area (Å²) in [5.41, 5.74) is 0. The smallest absolute Gasteiger partial charge is 0.333 e. The number of carboxylic acid groups (broad SMARTS) is 1. The SMILES string of the molecule is CCCCCCCCCCCCSC(C)C(O)C(=O)O. The Morgan fingerprint density at radius 2 is 1.40 bits per heavy atom. The van der Waals surface area contributed by atoms with Crippen molar-refractivity contribution in [3.8, 4) is 0 Å². The van der Waals surface area contributed by atoms with Crippen LogP contribution in [0.4, 0.5) is 0 Å². The summed E-state index contributed by atoms with van der Waals surface area (Å²) in [6.45, 7) is 4.02. The molecule has 2 N–H and O–H groups in total. The first-order valence-electron chi connectivity index (χ1n) is 8.12. The van der Waals surface area contributed by atoms with Crippen molar-refractivity contribution in [2.75, 3.05) is 5.75 Å². The predicted molar refractivity (Wildman–Crippen MR) is 87.4 cm³/mol. The summed E-state index contributed by atoms with van der Waals surface area (Å²) < 4.78 is 0. The lowest BCUT2D eigenvalue weighted by Gasteiger charge is -2.14. The fourth-order valence-electron chi connectivity index (χ4n) is 2.15.